The van der Waals surface area contributed by atoms with Crippen LogP contribution < -0.4 is 4.57 Å². The Balaban J connectivity index is 2.21. The molecule has 0 aliphatic carbocycles. The van der Waals surface area contributed by atoms with Crippen molar-refractivity contribution in [1.29, 1.82) is 0 Å². The minimum atomic E-state index is -4.88. The number of halogens is 3. The standard InChI is InChI=1S/C25H27F3N/c1-17-8-6-7-9-22(17)23-15-20(12-13-29(23)5)19-10-11-21(18(2)14-19)16-24(3,4)25(26,27)28/h6-15H,16H2,1-5H3/q+1/i2D3,16D2. The van der Waals surface area contributed by atoms with Crippen LogP contribution in [0.25, 0.3) is 22.4 Å². The third-order valence-electron chi connectivity index (χ3n) is 5.08. The molecule has 29 heavy (non-hydrogen) atoms. The second kappa shape index (κ2) is 7.66. The molecule has 0 aliphatic rings. The Bertz CT molecular complexity index is 1210. The average Bonchev–Trinajstić information content (AvgIpc) is 2.72. The van der Waals surface area contributed by atoms with Gasteiger partial charge in [0.15, 0.2) is 6.20 Å². The van der Waals surface area contributed by atoms with Crippen molar-refractivity contribution in [3.8, 4) is 22.4 Å². The average molecular weight is 404 g/mol. The van der Waals surface area contributed by atoms with Crippen LogP contribution >= 0.6 is 0 Å². The first-order valence-corrected chi connectivity index (χ1v) is 9.26. The Labute approximate surface area is 177 Å². The van der Waals surface area contributed by atoms with Gasteiger partial charge < -0.3 is 0 Å². The monoisotopic (exact) mass is 403 g/mol. The van der Waals surface area contributed by atoms with Crippen LogP contribution in [-0.4, -0.2) is 6.18 Å². The van der Waals surface area contributed by atoms with E-state index in [4.69, 9.17) is 6.85 Å². The van der Waals surface area contributed by atoms with Crippen molar-refractivity contribution < 1.29 is 24.6 Å². The molecule has 0 spiro atoms. The molecule has 0 N–H and O–H groups in total. The Morgan fingerprint density at radius 2 is 1.66 bits per heavy atom. The molecule has 0 saturated heterocycles. The van der Waals surface area contributed by atoms with Crippen molar-refractivity contribution in [1.82, 2.24) is 0 Å². The third kappa shape index (κ3) is 4.36. The maximum absolute atomic E-state index is 13.7. The van der Waals surface area contributed by atoms with Crippen LogP contribution in [0.3, 0.4) is 0 Å². The zero-order valence-electron chi connectivity index (χ0n) is 21.9. The van der Waals surface area contributed by atoms with Gasteiger partial charge in [-0.1, -0.05) is 50.2 Å². The molecule has 0 radical (unpaired) electrons. The lowest BCUT2D eigenvalue weighted by molar-refractivity contribution is -0.660. The number of benzene rings is 2. The normalized spacial score (nSPS) is 15.8. The summed E-state index contributed by atoms with van der Waals surface area (Å²) in [6.07, 6.45) is -6.02. The molecule has 0 saturated carbocycles. The van der Waals surface area contributed by atoms with Crippen LogP contribution in [-0.2, 0) is 13.4 Å². The largest absolute Gasteiger partial charge is 0.394 e. The van der Waals surface area contributed by atoms with E-state index in [0.717, 1.165) is 30.7 Å². The summed E-state index contributed by atoms with van der Waals surface area (Å²) in [5.74, 6) is 0. The van der Waals surface area contributed by atoms with Crippen LogP contribution in [0.2, 0.25) is 0 Å². The summed E-state index contributed by atoms with van der Waals surface area (Å²) in [5.41, 5.74) is 0.343. The highest BCUT2D eigenvalue weighted by molar-refractivity contribution is 5.70. The fourth-order valence-corrected chi connectivity index (χ4v) is 3.12. The lowest BCUT2D eigenvalue weighted by Gasteiger charge is -2.28. The molecule has 1 heterocycles. The Morgan fingerprint density at radius 3 is 2.31 bits per heavy atom. The molecule has 2 aromatic carbocycles. The van der Waals surface area contributed by atoms with E-state index in [-0.39, 0.29) is 0 Å². The third-order valence-corrected chi connectivity index (χ3v) is 5.08. The number of rotatable bonds is 4. The lowest BCUT2D eigenvalue weighted by Crippen LogP contribution is -2.34. The van der Waals surface area contributed by atoms with Crippen molar-refractivity contribution in [2.75, 3.05) is 0 Å². The van der Waals surface area contributed by atoms with Crippen LogP contribution in [0, 0.1) is 19.2 Å². The quantitative estimate of drug-likeness (QED) is 0.433. The van der Waals surface area contributed by atoms with Crippen molar-refractivity contribution in [2.45, 2.75) is 40.2 Å². The topological polar surface area (TPSA) is 3.88 Å². The molecule has 0 amide bonds. The maximum atomic E-state index is 13.7. The predicted octanol–water partition coefficient (Wildman–Crippen LogP) is 6.59. The Morgan fingerprint density at radius 1 is 0.966 bits per heavy atom. The van der Waals surface area contributed by atoms with Gasteiger partial charge in [0.1, 0.15) is 7.05 Å². The Hall–Kier alpha value is -2.62. The van der Waals surface area contributed by atoms with Crippen molar-refractivity contribution in [3.63, 3.8) is 0 Å². The first kappa shape index (κ1) is 15.3. The summed E-state index contributed by atoms with van der Waals surface area (Å²) in [6.45, 7) is 0.665. The molecule has 3 aromatic rings. The second-order valence-electron chi connectivity index (χ2n) is 7.73. The number of hydrogen-bond acceptors (Lipinski definition) is 0. The minimum Gasteiger partial charge on any atom is -0.201 e. The van der Waals surface area contributed by atoms with Gasteiger partial charge >= 0.3 is 6.18 Å². The van der Waals surface area contributed by atoms with E-state index in [1.807, 2.05) is 55.1 Å². The maximum Gasteiger partial charge on any atom is 0.394 e. The number of alkyl halides is 3. The first-order chi connectivity index (χ1) is 15.5. The van der Waals surface area contributed by atoms with Gasteiger partial charge in [0.05, 0.1) is 5.41 Å². The lowest BCUT2D eigenvalue weighted by atomic mass is 9.83. The summed E-state index contributed by atoms with van der Waals surface area (Å²) >= 11 is 0. The smallest absolute Gasteiger partial charge is 0.201 e. The molecule has 0 atom stereocenters. The molecule has 4 heteroatoms. The zero-order chi connectivity index (χ0) is 25.7. The highest BCUT2D eigenvalue weighted by Crippen LogP contribution is 2.41. The number of aryl methyl sites for hydroxylation is 3. The van der Waals surface area contributed by atoms with E-state index in [2.05, 4.69) is 0 Å². The van der Waals surface area contributed by atoms with E-state index < -0.39 is 35.9 Å². The van der Waals surface area contributed by atoms with Crippen LogP contribution in [0.5, 0.6) is 0 Å². The molecule has 0 unspecified atom stereocenters. The van der Waals surface area contributed by atoms with Crippen LogP contribution in [0.1, 0.15) is 37.4 Å². The highest BCUT2D eigenvalue weighted by atomic mass is 19.4. The van der Waals surface area contributed by atoms with E-state index in [0.29, 0.717) is 11.1 Å². The highest BCUT2D eigenvalue weighted by Gasteiger charge is 2.47. The fourth-order valence-electron chi connectivity index (χ4n) is 3.12. The molecular formula is C25H27F3N+. The van der Waals surface area contributed by atoms with E-state index in [1.165, 1.54) is 18.2 Å². The SMILES string of the molecule is [2H]C([2H])([2H])c1cc(-c2cc[n+](C)c(-c3ccccc3C)c2)ccc1C([2H])([2H])C(C)(C)C(F)(F)F. The van der Waals surface area contributed by atoms with Gasteiger partial charge in [-0.05, 0) is 54.0 Å². The van der Waals surface area contributed by atoms with Gasteiger partial charge in [-0.2, -0.15) is 13.2 Å². The molecule has 3 rings (SSSR count). The molecule has 1 nitrogen and oxygen atoms in total. The number of hydrogen-bond donors (Lipinski definition) is 0. The van der Waals surface area contributed by atoms with E-state index >= 15 is 0 Å². The number of nitrogens with zero attached hydrogens (tertiary/aromatic N) is 1. The molecular weight excluding hydrogens is 371 g/mol. The van der Waals surface area contributed by atoms with Crippen molar-refractivity contribution in [3.05, 3.63) is 77.5 Å². The van der Waals surface area contributed by atoms with Crippen molar-refractivity contribution >= 4 is 0 Å². The summed E-state index contributed by atoms with van der Waals surface area (Å²) in [6, 6.07) is 15.4. The van der Waals surface area contributed by atoms with E-state index in [1.54, 1.807) is 6.07 Å². The second-order valence-corrected chi connectivity index (χ2v) is 7.73. The van der Waals surface area contributed by atoms with Gasteiger partial charge in [0.2, 0.25) is 5.69 Å². The summed E-state index contributed by atoms with van der Waals surface area (Å²) in [5, 5.41) is 0. The van der Waals surface area contributed by atoms with Crippen molar-refractivity contribution in [2.24, 2.45) is 12.5 Å². The number of aromatic nitrogens is 1. The fraction of sp³-hybridized carbons (Fsp3) is 0.320. The summed E-state index contributed by atoms with van der Waals surface area (Å²) in [4.78, 5) is 0. The molecule has 0 aliphatic heterocycles. The van der Waals surface area contributed by atoms with Gasteiger partial charge in [0.25, 0.3) is 0 Å². The predicted molar refractivity (Wildman–Crippen MR) is 112 cm³/mol. The number of pyridine rings is 1. The van der Waals surface area contributed by atoms with Gasteiger partial charge in [-0.25, -0.2) is 4.57 Å². The summed E-state index contributed by atoms with van der Waals surface area (Å²) in [7, 11) is 1.89. The molecule has 152 valence electrons. The van der Waals surface area contributed by atoms with Crippen LogP contribution in [0.15, 0.2) is 60.8 Å². The summed E-state index contributed by atoms with van der Waals surface area (Å²) < 4.78 is 83.4. The Kier molecular flexibility index (Phi) is 4.03. The zero-order valence-corrected chi connectivity index (χ0v) is 16.9. The van der Waals surface area contributed by atoms with Gasteiger partial charge in [0, 0.05) is 24.5 Å². The first-order valence-electron chi connectivity index (χ1n) is 11.8. The van der Waals surface area contributed by atoms with Gasteiger partial charge in [-0.15, -0.1) is 0 Å². The minimum absolute atomic E-state index is 0.432. The van der Waals surface area contributed by atoms with Gasteiger partial charge in [-0.3, -0.25) is 0 Å². The van der Waals surface area contributed by atoms with Crippen LogP contribution in [0.4, 0.5) is 13.2 Å². The molecule has 0 fully saturated rings. The van der Waals surface area contributed by atoms with E-state index in [9.17, 15) is 13.2 Å². The molecule has 1 aromatic heterocycles. The molecule has 0 bridgehead atoms.